The maximum absolute atomic E-state index is 11.9. The van der Waals surface area contributed by atoms with Gasteiger partial charge in [0.05, 0.1) is 16.3 Å². The van der Waals surface area contributed by atoms with Gasteiger partial charge in [-0.3, -0.25) is 14.9 Å². The monoisotopic (exact) mass is 247 g/mol. The lowest BCUT2D eigenvalue weighted by Crippen LogP contribution is -2.50. The molecule has 0 aromatic heterocycles. The van der Waals surface area contributed by atoms with Crippen LogP contribution >= 0.6 is 0 Å². The van der Waals surface area contributed by atoms with Crippen LogP contribution in [-0.4, -0.2) is 23.4 Å². The van der Waals surface area contributed by atoms with Crippen LogP contribution in [-0.2, 0) is 4.79 Å². The van der Waals surface area contributed by atoms with Crippen molar-refractivity contribution in [2.45, 2.75) is 25.3 Å². The van der Waals surface area contributed by atoms with Crippen LogP contribution in [0.5, 0.6) is 0 Å². The van der Waals surface area contributed by atoms with Crippen LogP contribution in [0.2, 0.25) is 0 Å². The van der Waals surface area contributed by atoms with Crippen molar-refractivity contribution in [3.63, 3.8) is 0 Å². The molecule has 0 saturated carbocycles. The standard InChI is InChI=1S/C12H13N3O3/c16-12-11-3-1-2-6-14(11)10-5-4-8(15(17)18)7-9(10)13-12/h4-5,7,11H,1-3,6H2,(H,13,16). The second-order valence-electron chi connectivity index (χ2n) is 4.65. The molecule has 1 aromatic carbocycles. The highest BCUT2D eigenvalue weighted by molar-refractivity contribution is 6.04. The van der Waals surface area contributed by atoms with Crippen molar-refractivity contribution < 1.29 is 9.72 Å². The highest BCUT2D eigenvalue weighted by Crippen LogP contribution is 2.37. The SMILES string of the molecule is O=C1Nc2cc([N+](=O)[O-])ccc2N2CCCCC12. The van der Waals surface area contributed by atoms with Crippen molar-refractivity contribution in [1.82, 2.24) is 0 Å². The molecular weight excluding hydrogens is 234 g/mol. The van der Waals surface area contributed by atoms with Gasteiger partial charge in [-0.2, -0.15) is 0 Å². The summed E-state index contributed by atoms with van der Waals surface area (Å²) in [6, 6.07) is 4.53. The molecule has 6 nitrogen and oxygen atoms in total. The van der Waals surface area contributed by atoms with Gasteiger partial charge in [0.25, 0.3) is 5.69 Å². The zero-order valence-corrected chi connectivity index (χ0v) is 9.76. The molecule has 1 N–H and O–H groups in total. The predicted octanol–water partition coefficient (Wildman–Crippen LogP) is 1.91. The van der Waals surface area contributed by atoms with Crippen LogP contribution in [0, 0.1) is 10.1 Å². The normalized spacial score (nSPS) is 21.9. The molecule has 0 radical (unpaired) electrons. The first-order valence-corrected chi connectivity index (χ1v) is 6.03. The van der Waals surface area contributed by atoms with E-state index in [0.29, 0.717) is 5.69 Å². The van der Waals surface area contributed by atoms with Crippen molar-refractivity contribution in [2.75, 3.05) is 16.8 Å². The lowest BCUT2D eigenvalue weighted by Gasteiger charge is -2.40. The molecule has 0 bridgehead atoms. The Balaban J connectivity index is 2.04. The van der Waals surface area contributed by atoms with Crippen LogP contribution in [0.25, 0.3) is 0 Å². The maximum atomic E-state index is 11.9. The fraction of sp³-hybridized carbons (Fsp3) is 0.417. The third-order valence-corrected chi connectivity index (χ3v) is 3.56. The van der Waals surface area contributed by atoms with Gasteiger partial charge in [0, 0.05) is 18.7 Å². The van der Waals surface area contributed by atoms with Crippen molar-refractivity contribution >= 4 is 23.0 Å². The number of amides is 1. The smallest absolute Gasteiger partial charge is 0.271 e. The highest BCUT2D eigenvalue weighted by atomic mass is 16.6. The Bertz CT molecular complexity index is 529. The van der Waals surface area contributed by atoms with Gasteiger partial charge in [0.2, 0.25) is 5.91 Å². The van der Waals surface area contributed by atoms with E-state index in [1.54, 1.807) is 6.07 Å². The van der Waals surface area contributed by atoms with Gasteiger partial charge >= 0.3 is 0 Å². The number of rotatable bonds is 1. The molecule has 1 fully saturated rings. The Hall–Kier alpha value is -2.11. The largest absolute Gasteiger partial charge is 0.358 e. The van der Waals surface area contributed by atoms with E-state index >= 15 is 0 Å². The summed E-state index contributed by atoms with van der Waals surface area (Å²) in [7, 11) is 0. The summed E-state index contributed by atoms with van der Waals surface area (Å²) in [4.78, 5) is 24.3. The first-order chi connectivity index (χ1) is 8.66. The topological polar surface area (TPSA) is 75.5 Å². The fourth-order valence-electron chi connectivity index (χ4n) is 2.70. The van der Waals surface area contributed by atoms with Crippen molar-refractivity contribution in [1.29, 1.82) is 0 Å². The number of carbonyl (C=O) groups is 1. The zero-order valence-electron chi connectivity index (χ0n) is 9.76. The van der Waals surface area contributed by atoms with Gasteiger partial charge in [-0.1, -0.05) is 0 Å². The molecule has 0 spiro atoms. The summed E-state index contributed by atoms with van der Waals surface area (Å²) >= 11 is 0. The molecule has 18 heavy (non-hydrogen) atoms. The molecule has 1 amide bonds. The molecule has 2 aliphatic rings. The number of hydrogen-bond donors (Lipinski definition) is 1. The van der Waals surface area contributed by atoms with Crippen LogP contribution in [0.4, 0.5) is 17.1 Å². The van der Waals surface area contributed by atoms with E-state index in [2.05, 4.69) is 10.2 Å². The average molecular weight is 247 g/mol. The summed E-state index contributed by atoms with van der Waals surface area (Å²) in [6.45, 7) is 0.836. The molecule has 1 saturated heterocycles. The van der Waals surface area contributed by atoms with Gasteiger partial charge in [-0.15, -0.1) is 0 Å². The quantitative estimate of drug-likeness (QED) is 0.607. The minimum absolute atomic E-state index is 0.00418. The Morgan fingerprint density at radius 3 is 3.00 bits per heavy atom. The Labute approximate surface area is 104 Å². The summed E-state index contributed by atoms with van der Waals surface area (Å²) in [5.74, 6) is -0.0531. The minimum atomic E-state index is -0.450. The van der Waals surface area contributed by atoms with E-state index < -0.39 is 4.92 Å². The van der Waals surface area contributed by atoms with E-state index in [1.807, 2.05) is 0 Å². The molecule has 1 atom stereocenters. The van der Waals surface area contributed by atoms with Gasteiger partial charge in [0.15, 0.2) is 0 Å². The Morgan fingerprint density at radius 2 is 2.22 bits per heavy atom. The number of nitro groups is 1. The maximum Gasteiger partial charge on any atom is 0.271 e. The number of non-ortho nitro benzene ring substituents is 1. The van der Waals surface area contributed by atoms with Crippen LogP contribution < -0.4 is 10.2 Å². The van der Waals surface area contributed by atoms with Gasteiger partial charge in [-0.25, -0.2) is 0 Å². The zero-order chi connectivity index (χ0) is 12.7. The van der Waals surface area contributed by atoms with Gasteiger partial charge < -0.3 is 10.2 Å². The second kappa shape index (κ2) is 3.97. The second-order valence-corrected chi connectivity index (χ2v) is 4.65. The third kappa shape index (κ3) is 1.61. The van der Waals surface area contributed by atoms with E-state index in [4.69, 9.17) is 0 Å². The lowest BCUT2D eigenvalue weighted by atomic mass is 9.97. The number of nitro benzene ring substituents is 1. The number of hydrogen-bond acceptors (Lipinski definition) is 4. The van der Waals surface area contributed by atoms with Crippen molar-refractivity contribution in [3.05, 3.63) is 28.3 Å². The summed E-state index contributed by atoms with van der Waals surface area (Å²) in [6.07, 6.45) is 2.96. The number of nitrogens with one attached hydrogen (secondary N) is 1. The van der Waals surface area contributed by atoms with E-state index in [-0.39, 0.29) is 17.6 Å². The molecule has 0 aliphatic carbocycles. The Morgan fingerprint density at radius 1 is 1.39 bits per heavy atom. The van der Waals surface area contributed by atoms with Gasteiger partial charge in [-0.05, 0) is 25.3 Å². The van der Waals surface area contributed by atoms with Crippen LogP contribution in [0.15, 0.2) is 18.2 Å². The molecule has 2 heterocycles. The minimum Gasteiger partial charge on any atom is -0.358 e. The van der Waals surface area contributed by atoms with E-state index in [9.17, 15) is 14.9 Å². The number of fused-ring (bicyclic) bond motifs is 3. The molecule has 1 unspecified atom stereocenters. The molecule has 6 heteroatoms. The molecule has 2 aliphatic heterocycles. The molecule has 1 aromatic rings. The van der Waals surface area contributed by atoms with Crippen LogP contribution in [0.1, 0.15) is 19.3 Å². The number of piperidine rings is 1. The first-order valence-electron chi connectivity index (χ1n) is 6.03. The van der Waals surface area contributed by atoms with Crippen LogP contribution in [0.3, 0.4) is 0 Å². The number of carbonyl (C=O) groups excluding carboxylic acids is 1. The fourth-order valence-corrected chi connectivity index (χ4v) is 2.70. The molecule has 3 rings (SSSR count). The molecular formula is C12H13N3O3. The Kier molecular flexibility index (Phi) is 2.43. The highest BCUT2D eigenvalue weighted by Gasteiger charge is 2.35. The number of nitrogens with zero attached hydrogens (tertiary/aromatic N) is 2. The average Bonchev–Trinajstić information content (AvgIpc) is 2.38. The van der Waals surface area contributed by atoms with Crippen molar-refractivity contribution in [3.8, 4) is 0 Å². The summed E-state index contributed by atoms with van der Waals surface area (Å²) in [5.41, 5.74) is 1.45. The third-order valence-electron chi connectivity index (χ3n) is 3.56. The first kappa shape index (κ1) is 11.0. The predicted molar refractivity (Wildman–Crippen MR) is 66.7 cm³/mol. The van der Waals surface area contributed by atoms with Crippen molar-refractivity contribution in [2.24, 2.45) is 0 Å². The summed E-state index contributed by atoms with van der Waals surface area (Å²) < 4.78 is 0. The lowest BCUT2D eigenvalue weighted by molar-refractivity contribution is -0.384. The summed E-state index contributed by atoms with van der Waals surface area (Å²) in [5, 5.41) is 13.5. The van der Waals surface area contributed by atoms with E-state index in [1.165, 1.54) is 12.1 Å². The van der Waals surface area contributed by atoms with Gasteiger partial charge in [0.1, 0.15) is 6.04 Å². The number of benzene rings is 1. The number of anilines is 2. The van der Waals surface area contributed by atoms with E-state index in [0.717, 1.165) is 31.5 Å². The molecule has 94 valence electrons.